The number of amides is 2. The fourth-order valence-corrected chi connectivity index (χ4v) is 2.47. The van der Waals surface area contributed by atoms with Gasteiger partial charge in [0.2, 0.25) is 11.8 Å². The molecule has 0 fully saturated rings. The van der Waals surface area contributed by atoms with Crippen LogP contribution in [0.4, 0.5) is 0 Å². The maximum Gasteiger partial charge on any atom is 0.326 e. The Morgan fingerprint density at radius 1 is 0.867 bits per heavy atom. The minimum Gasteiger partial charge on any atom is -0.480 e. The maximum atomic E-state index is 12.6. The summed E-state index contributed by atoms with van der Waals surface area (Å²) in [4.78, 5) is 43.9. The van der Waals surface area contributed by atoms with E-state index in [1.807, 2.05) is 0 Å². The van der Waals surface area contributed by atoms with Crippen LogP contribution in [0.3, 0.4) is 0 Å². The minimum atomic E-state index is -1.20. The maximum absolute atomic E-state index is 12.6. The molecule has 0 radical (unpaired) electrons. The smallest absolute Gasteiger partial charge is 0.326 e. The molecule has 0 aliphatic rings. The normalized spacial score (nSPS) is 13.6. The molecule has 0 aliphatic carbocycles. The Hall–Kier alpha value is -3.09. The first kappa shape index (κ1) is 26.9. The summed E-state index contributed by atoms with van der Waals surface area (Å²) in [5, 5.41) is 14.4. The number of carboxylic acids is 1. The van der Waals surface area contributed by atoms with E-state index in [0.717, 1.165) is 0 Å². The van der Waals surface area contributed by atoms with Gasteiger partial charge in [-0.15, -0.1) is 0 Å². The fraction of sp³-hybridized carbons (Fsp3) is 0.706. The number of nitrogens with one attached hydrogen (secondary N) is 2. The van der Waals surface area contributed by atoms with Gasteiger partial charge in [-0.05, 0) is 31.6 Å². The van der Waals surface area contributed by atoms with Crippen molar-refractivity contribution < 1.29 is 19.5 Å². The first-order chi connectivity index (χ1) is 14.0. The van der Waals surface area contributed by atoms with Gasteiger partial charge in [-0.1, -0.05) is 13.8 Å². The number of carbonyl (C=O) groups excluding carboxylic acids is 2. The van der Waals surface area contributed by atoms with Crippen molar-refractivity contribution in [3.8, 4) is 0 Å². The lowest BCUT2D eigenvalue weighted by molar-refractivity contribution is -0.142. The van der Waals surface area contributed by atoms with Crippen molar-refractivity contribution in [3.05, 3.63) is 0 Å². The van der Waals surface area contributed by atoms with Crippen LogP contribution < -0.4 is 39.3 Å². The Kier molecular flexibility index (Phi) is 12.5. The largest absolute Gasteiger partial charge is 0.480 e. The van der Waals surface area contributed by atoms with Gasteiger partial charge in [0, 0.05) is 13.1 Å². The molecular weight excluding hydrogens is 394 g/mol. The van der Waals surface area contributed by atoms with Gasteiger partial charge in [0.15, 0.2) is 11.9 Å². The zero-order valence-electron chi connectivity index (χ0n) is 17.5. The molecule has 0 unspecified atom stereocenters. The summed E-state index contributed by atoms with van der Waals surface area (Å²) in [6.07, 6.45) is 1.29. The zero-order valence-corrected chi connectivity index (χ0v) is 17.5. The van der Waals surface area contributed by atoms with E-state index in [1.54, 1.807) is 13.8 Å². The molecule has 30 heavy (non-hydrogen) atoms. The van der Waals surface area contributed by atoms with Gasteiger partial charge in [0.25, 0.3) is 0 Å². The molecule has 0 bridgehead atoms. The molecule has 13 nitrogen and oxygen atoms in total. The van der Waals surface area contributed by atoms with Gasteiger partial charge >= 0.3 is 5.97 Å². The van der Waals surface area contributed by atoms with Gasteiger partial charge in [0.05, 0.1) is 6.04 Å². The topological polar surface area (TPSA) is 250 Å². The number of rotatable bonds is 14. The summed E-state index contributed by atoms with van der Waals surface area (Å²) in [6.45, 7) is 4.02. The molecule has 0 saturated carbocycles. The standard InChI is InChI=1S/C17H35N9O4/c1-9(2)12(26-13(27)10(18)5-3-7-23-16(19)20)14(28)25-11(15(29)30)6-4-8-24-17(21)22/h9-12H,3-8,18H2,1-2H3,(H,25,28)(H,26,27)(H,29,30)(H4,19,20,23)(H4,21,22,24)/t10-,11-,12-/m0/s1. The first-order valence-corrected chi connectivity index (χ1v) is 9.65. The number of guanidine groups is 2. The number of aliphatic carboxylic acids is 1. The molecule has 0 aromatic carbocycles. The number of nitrogens with zero attached hydrogens (tertiary/aromatic N) is 2. The van der Waals surface area contributed by atoms with E-state index in [9.17, 15) is 19.5 Å². The van der Waals surface area contributed by atoms with E-state index in [0.29, 0.717) is 25.8 Å². The molecule has 0 rings (SSSR count). The number of aliphatic imine (C=N–C) groups is 2. The fourth-order valence-electron chi connectivity index (χ4n) is 2.47. The van der Waals surface area contributed by atoms with Crippen LogP contribution in [0.25, 0.3) is 0 Å². The van der Waals surface area contributed by atoms with Crippen LogP contribution in [0.2, 0.25) is 0 Å². The Morgan fingerprint density at radius 3 is 1.80 bits per heavy atom. The summed E-state index contributed by atoms with van der Waals surface area (Å²) in [5.41, 5.74) is 26.7. The lowest BCUT2D eigenvalue weighted by Gasteiger charge is -2.25. The highest BCUT2D eigenvalue weighted by atomic mass is 16.4. The van der Waals surface area contributed by atoms with Crippen molar-refractivity contribution in [2.75, 3.05) is 13.1 Å². The third kappa shape index (κ3) is 11.7. The molecule has 0 aliphatic heterocycles. The van der Waals surface area contributed by atoms with Crippen LogP contribution in [0.5, 0.6) is 0 Å². The molecule has 0 heterocycles. The van der Waals surface area contributed by atoms with E-state index in [2.05, 4.69) is 20.6 Å². The predicted octanol–water partition coefficient (Wildman–Crippen LogP) is -2.87. The van der Waals surface area contributed by atoms with Crippen LogP contribution in [-0.4, -0.2) is 66.0 Å². The van der Waals surface area contributed by atoms with Crippen molar-refractivity contribution in [1.82, 2.24) is 10.6 Å². The van der Waals surface area contributed by atoms with Crippen LogP contribution in [0.15, 0.2) is 9.98 Å². The number of hydrogen-bond donors (Lipinski definition) is 8. The summed E-state index contributed by atoms with van der Waals surface area (Å²) in [7, 11) is 0. The highest BCUT2D eigenvalue weighted by Crippen LogP contribution is 2.06. The summed E-state index contributed by atoms with van der Waals surface area (Å²) < 4.78 is 0. The van der Waals surface area contributed by atoms with E-state index in [4.69, 9.17) is 28.7 Å². The second-order valence-electron chi connectivity index (χ2n) is 7.13. The second-order valence-corrected chi connectivity index (χ2v) is 7.13. The quantitative estimate of drug-likeness (QED) is 0.0801. The van der Waals surface area contributed by atoms with Crippen LogP contribution in [0, 0.1) is 5.92 Å². The SMILES string of the molecule is CC(C)[C@H](NC(=O)[C@@H](N)CCCN=C(N)N)C(=O)N[C@@H](CCCN=C(N)N)C(=O)O. The molecule has 0 spiro atoms. The molecule has 0 saturated heterocycles. The molecule has 0 aromatic rings. The van der Waals surface area contributed by atoms with Gasteiger partial charge in [0.1, 0.15) is 12.1 Å². The average Bonchev–Trinajstić information content (AvgIpc) is 2.64. The molecule has 0 aromatic heterocycles. The Balaban J connectivity index is 4.82. The highest BCUT2D eigenvalue weighted by molar-refractivity contribution is 5.91. The number of carboxylic acid groups (broad SMARTS) is 1. The number of nitrogens with two attached hydrogens (primary N) is 5. The highest BCUT2D eigenvalue weighted by Gasteiger charge is 2.29. The molecular formula is C17H35N9O4. The van der Waals surface area contributed by atoms with Crippen molar-refractivity contribution in [2.24, 2.45) is 44.6 Å². The Bertz CT molecular complexity index is 629. The molecule has 3 atom stereocenters. The van der Waals surface area contributed by atoms with Crippen LogP contribution in [0.1, 0.15) is 39.5 Å². The van der Waals surface area contributed by atoms with E-state index in [-0.39, 0.29) is 30.8 Å². The molecule has 2 amide bonds. The van der Waals surface area contributed by atoms with E-state index < -0.39 is 35.9 Å². The first-order valence-electron chi connectivity index (χ1n) is 9.65. The Labute approximate surface area is 175 Å². The van der Waals surface area contributed by atoms with E-state index >= 15 is 0 Å². The summed E-state index contributed by atoms with van der Waals surface area (Å²) in [5.74, 6) is -2.76. The average molecular weight is 430 g/mol. The summed E-state index contributed by atoms with van der Waals surface area (Å²) >= 11 is 0. The van der Waals surface area contributed by atoms with Gasteiger partial charge in [-0.3, -0.25) is 19.6 Å². The molecule has 172 valence electrons. The van der Waals surface area contributed by atoms with Crippen LogP contribution >= 0.6 is 0 Å². The molecule has 13 N–H and O–H groups in total. The van der Waals surface area contributed by atoms with Crippen molar-refractivity contribution in [3.63, 3.8) is 0 Å². The summed E-state index contributed by atoms with van der Waals surface area (Å²) in [6, 6.07) is -2.94. The van der Waals surface area contributed by atoms with Crippen molar-refractivity contribution in [1.29, 1.82) is 0 Å². The van der Waals surface area contributed by atoms with Gasteiger partial charge in [-0.2, -0.15) is 0 Å². The zero-order chi connectivity index (χ0) is 23.3. The molecule has 13 heteroatoms. The third-order valence-corrected chi connectivity index (χ3v) is 4.11. The monoisotopic (exact) mass is 429 g/mol. The number of carbonyl (C=O) groups is 3. The Morgan fingerprint density at radius 2 is 1.37 bits per heavy atom. The lowest BCUT2D eigenvalue weighted by atomic mass is 10.0. The number of hydrogen-bond acceptors (Lipinski definition) is 6. The van der Waals surface area contributed by atoms with Gasteiger partial charge < -0.3 is 44.4 Å². The van der Waals surface area contributed by atoms with Crippen LogP contribution in [-0.2, 0) is 14.4 Å². The second kappa shape index (κ2) is 14.0. The van der Waals surface area contributed by atoms with E-state index in [1.165, 1.54) is 0 Å². The van der Waals surface area contributed by atoms with Crippen molar-refractivity contribution in [2.45, 2.75) is 57.7 Å². The predicted molar refractivity (Wildman–Crippen MR) is 114 cm³/mol. The lowest BCUT2D eigenvalue weighted by Crippen LogP contribution is -2.56. The van der Waals surface area contributed by atoms with Gasteiger partial charge in [-0.25, -0.2) is 4.79 Å². The minimum absolute atomic E-state index is 0.0455. The third-order valence-electron chi connectivity index (χ3n) is 4.11. The van der Waals surface area contributed by atoms with Crippen molar-refractivity contribution >= 4 is 29.7 Å².